The number of carboxylic acids is 1. The third-order valence-electron chi connectivity index (χ3n) is 3.42. The zero-order chi connectivity index (χ0) is 17.7. The molecule has 0 aliphatic rings. The van der Waals surface area contributed by atoms with Gasteiger partial charge in [-0.1, -0.05) is 80.5 Å². The van der Waals surface area contributed by atoms with E-state index in [9.17, 15) is 4.79 Å². The minimum absolute atomic E-state index is 0.213. The first-order valence-corrected chi connectivity index (χ1v) is 9.24. The summed E-state index contributed by atoms with van der Waals surface area (Å²) in [6.07, 6.45) is 31.4. The van der Waals surface area contributed by atoms with Gasteiger partial charge in [-0.05, 0) is 44.9 Å². The van der Waals surface area contributed by atoms with E-state index in [1.54, 1.807) is 0 Å². The SMILES string of the molecule is CCCCC/C=C/C/C=C\C/C=C/C/C=C\C/C=C\CCC(=O)O. The van der Waals surface area contributed by atoms with Gasteiger partial charge >= 0.3 is 5.97 Å². The Kier molecular flexibility index (Phi) is 17.8. The van der Waals surface area contributed by atoms with E-state index in [4.69, 9.17) is 5.11 Å². The second-order valence-electron chi connectivity index (χ2n) is 5.73. The fourth-order valence-corrected chi connectivity index (χ4v) is 2.04. The summed E-state index contributed by atoms with van der Waals surface area (Å²) < 4.78 is 0. The quantitative estimate of drug-likeness (QED) is 0.265. The predicted octanol–water partition coefficient (Wildman–Crippen LogP) is 6.77. The largest absolute Gasteiger partial charge is 0.481 e. The van der Waals surface area contributed by atoms with Crippen molar-refractivity contribution >= 4 is 5.97 Å². The monoisotopic (exact) mass is 330 g/mol. The molecule has 1 N–H and O–H groups in total. The predicted molar refractivity (Wildman–Crippen MR) is 105 cm³/mol. The van der Waals surface area contributed by atoms with E-state index >= 15 is 0 Å². The highest BCUT2D eigenvalue weighted by Gasteiger charge is 1.90. The van der Waals surface area contributed by atoms with E-state index < -0.39 is 5.97 Å². The Hall–Kier alpha value is -1.83. The number of allylic oxidation sites excluding steroid dienone is 10. The number of hydrogen-bond acceptors (Lipinski definition) is 1. The van der Waals surface area contributed by atoms with Crippen molar-refractivity contribution < 1.29 is 9.90 Å². The molecule has 0 aromatic carbocycles. The van der Waals surface area contributed by atoms with Crippen LogP contribution in [0.5, 0.6) is 0 Å². The van der Waals surface area contributed by atoms with E-state index in [1.165, 1.54) is 25.7 Å². The first-order valence-electron chi connectivity index (χ1n) is 9.24. The van der Waals surface area contributed by atoms with Gasteiger partial charge in [-0.25, -0.2) is 0 Å². The molecule has 0 spiro atoms. The van der Waals surface area contributed by atoms with Crippen LogP contribution in [0.3, 0.4) is 0 Å². The van der Waals surface area contributed by atoms with Crippen LogP contribution in [0.25, 0.3) is 0 Å². The van der Waals surface area contributed by atoms with E-state index in [-0.39, 0.29) is 6.42 Å². The minimum atomic E-state index is -0.739. The fraction of sp³-hybridized carbons (Fsp3) is 0.500. The molecule has 0 aromatic heterocycles. The molecule has 0 saturated carbocycles. The van der Waals surface area contributed by atoms with Crippen LogP contribution in [-0.2, 0) is 4.79 Å². The summed E-state index contributed by atoms with van der Waals surface area (Å²) in [6, 6.07) is 0. The van der Waals surface area contributed by atoms with Crippen LogP contribution in [0.1, 0.15) is 71.1 Å². The maximum Gasteiger partial charge on any atom is 0.303 e. The number of aliphatic carboxylic acids is 1. The van der Waals surface area contributed by atoms with Gasteiger partial charge in [0.1, 0.15) is 0 Å². The molecule has 0 aliphatic heterocycles. The molecule has 0 fully saturated rings. The topological polar surface area (TPSA) is 37.3 Å². The summed E-state index contributed by atoms with van der Waals surface area (Å²) in [6.45, 7) is 2.23. The highest BCUT2D eigenvalue weighted by Crippen LogP contribution is 2.01. The molecule has 0 atom stereocenters. The molecule has 0 aliphatic carbocycles. The molecule has 0 unspecified atom stereocenters. The average Bonchev–Trinajstić information content (AvgIpc) is 2.56. The molecule has 0 radical (unpaired) electrons. The van der Waals surface area contributed by atoms with Crippen LogP contribution in [-0.4, -0.2) is 11.1 Å². The van der Waals surface area contributed by atoms with Crippen molar-refractivity contribution in [2.45, 2.75) is 71.1 Å². The zero-order valence-corrected chi connectivity index (χ0v) is 15.2. The Balaban J connectivity index is 3.46. The summed E-state index contributed by atoms with van der Waals surface area (Å²) in [5.74, 6) is -0.739. The summed E-state index contributed by atoms with van der Waals surface area (Å²) in [5.41, 5.74) is 0. The smallest absolute Gasteiger partial charge is 0.303 e. The van der Waals surface area contributed by atoms with Gasteiger partial charge in [0.05, 0.1) is 0 Å². The lowest BCUT2D eigenvalue weighted by molar-refractivity contribution is -0.136. The van der Waals surface area contributed by atoms with E-state index in [0.29, 0.717) is 6.42 Å². The van der Waals surface area contributed by atoms with Gasteiger partial charge in [0.25, 0.3) is 0 Å². The summed E-state index contributed by atoms with van der Waals surface area (Å²) >= 11 is 0. The summed E-state index contributed by atoms with van der Waals surface area (Å²) in [4.78, 5) is 10.3. The Labute approximate surface area is 148 Å². The van der Waals surface area contributed by atoms with E-state index in [0.717, 1.165) is 25.7 Å². The van der Waals surface area contributed by atoms with Crippen LogP contribution in [0.4, 0.5) is 0 Å². The van der Waals surface area contributed by atoms with Crippen LogP contribution < -0.4 is 0 Å². The fourth-order valence-electron chi connectivity index (χ4n) is 2.04. The molecular formula is C22H34O2. The third-order valence-corrected chi connectivity index (χ3v) is 3.42. The molecular weight excluding hydrogens is 296 g/mol. The first kappa shape index (κ1) is 22.2. The summed E-state index contributed by atoms with van der Waals surface area (Å²) in [7, 11) is 0. The van der Waals surface area contributed by atoms with Gasteiger partial charge in [-0.2, -0.15) is 0 Å². The van der Waals surface area contributed by atoms with Crippen LogP contribution >= 0.6 is 0 Å². The third kappa shape index (κ3) is 20.2. The molecule has 0 rings (SSSR count). The maximum atomic E-state index is 10.3. The Morgan fingerprint density at radius 2 is 1.08 bits per heavy atom. The van der Waals surface area contributed by atoms with Crippen molar-refractivity contribution in [1.82, 2.24) is 0 Å². The Morgan fingerprint density at radius 1 is 0.667 bits per heavy atom. The standard InChI is InChI=1S/C22H34O2/c1-2-3-4-5-6-7-8-9-10-11-12-13-14-15-16-17-18-19-20-21-22(23)24/h6-7,9-10,12-13,15-16,18-19H,2-5,8,11,14,17,20-21H2,1H3,(H,23,24)/b7-6+,10-9-,13-12+,16-15-,19-18-. The van der Waals surface area contributed by atoms with Gasteiger partial charge in [-0.3, -0.25) is 4.79 Å². The molecule has 0 saturated heterocycles. The van der Waals surface area contributed by atoms with Gasteiger partial charge < -0.3 is 5.11 Å². The van der Waals surface area contributed by atoms with Crippen molar-refractivity contribution in [3.63, 3.8) is 0 Å². The lowest BCUT2D eigenvalue weighted by atomic mass is 10.2. The van der Waals surface area contributed by atoms with E-state index in [2.05, 4.69) is 55.5 Å². The highest BCUT2D eigenvalue weighted by atomic mass is 16.4. The summed E-state index contributed by atoms with van der Waals surface area (Å²) in [5, 5.41) is 8.49. The normalized spacial score (nSPS) is 12.7. The van der Waals surface area contributed by atoms with Crippen LogP contribution in [0.15, 0.2) is 60.8 Å². The molecule has 0 aromatic rings. The number of hydrogen-bond donors (Lipinski definition) is 1. The van der Waals surface area contributed by atoms with E-state index in [1.807, 2.05) is 12.2 Å². The van der Waals surface area contributed by atoms with Crippen LogP contribution in [0, 0.1) is 0 Å². The van der Waals surface area contributed by atoms with Crippen molar-refractivity contribution in [2.24, 2.45) is 0 Å². The van der Waals surface area contributed by atoms with Gasteiger partial charge in [0.2, 0.25) is 0 Å². The molecule has 2 heteroatoms. The van der Waals surface area contributed by atoms with Gasteiger partial charge in [0, 0.05) is 6.42 Å². The van der Waals surface area contributed by atoms with Crippen LogP contribution in [0.2, 0.25) is 0 Å². The Bertz CT molecular complexity index is 425. The van der Waals surface area contributed by atoms with Gasteiger partial charge in [-0.15, -0.1) is 0 Å². The maximum absolute atomic E-state index is 10.3. The van der Waals surface area contributed by atoms with Crippen molar-refractivity contribution in [2.75, 3.05) is 0 Å². The molecule has 0 heterocycles. The molecule has 2 nitrogen and oxygen atoms in total. The lowest BCUT2D eigenvalue weighted by Gasteiger charge is -1.90. The number of rotatable bonds is 15. The van der Waals surface area contributed by atoms with Gasteiger partial charge in [0.15, 0.2) is 0 Å². The second-order valence-corrected chi connectivity index (χ2v) is 5.73. The number of carbonyl (C=O) groups is 1. The van der Waals surface area contributed by atoms with Crippen molar-refractivity contribution in [3.8, 4) is 0 Å². The lowest BCUT2D eigenvalue weighted by Crippen LogP contribution is -1.91. The Morgan fingerprint density at radius 3 is 1.50 bits per heavy atom. The number of unbranched alkanes of at least 4 members (excludes halogenated alkanes) is 3. The zero-order valence-electron chi connectivity index (χ0n) is 15.2. The van der Waals surface area contributed by atoms with Crippen molar-refractivity contribution in [1.29, 1.82) is 0 Å². The highest BCUT2D eigenvalue weighted by molar-refractivity contribution is 5.66. The molecule has 0 bridgehead atoms. The minimum Gasteiger partial charge on any atom is -0.481 e. The first-order chi connectivity index (χ1) is 11.8. The number of carboxylic acid groups (broad SMARTS) is 1. The second kappa shape index (κ2) is 19.2. The molecule has 0 amide bonds. The molecule has 24 heavy (non-hydrogen) atoms. The molecule has 134 valence electrons. The van der Waals surface area contributed by atoms with Crippen molar-refractivity contribution in [3.05, 3.63) is 60.8 Å². The average molecular weight is 331 g/mol.